The minimum atomic E-state index is 1.10. The van der Waals surface area contributed by atoms with Gasteiger partial charge in [-0.15, -0.1) is 0 Å². The lowest BCUT2D eigenvalue weighted by atomic mass is 10.1. The molecular weight excluding hydrogens is 248 g/mol. The summed E-state index contributed by atoms with van der Waals surface area (Å²) in [5.41, 5.74) is 8.60. The van der Waals surface area contributed by atoms with E-state index in [1.54, 1.807) is 0 Å². The average Bonchev–Trinajstić information content (AvgIpc) is 2.39. The molecule has 0 fully saturated rings. The van der Waals surface area contributed by atoms with Crippen LogP contribution in [0, 0.1) is 27.7 Å². The van der Waals surface area contributed by atoms with Crippen molar-refractivity contribution in [3.8, 4) is 0 Å². The molecule has 0 nitrogen and oxygen atoms in total. The monoisotopic (exact) mass is 270 g/mol. The highest BCUT2D eigenvalue weighted by atomic mass is 32.2. The molecule has 19 heavy (non-hydrogen) atoms. The molecule has 2 aromatic carbocycles. The van der Waals surface area contributed by atoms with Crippen LogP contribution in [-0.4, -0.2) is 0 Å². The van der Waals surface area contributed by atoms with Gasteiger partial charge in [-0.05, 0) is 61.1 Å². The van der Waals surface area contributed by atoms with Crippen molar-refractivity contribution < 1.29 is 0 Å². The van der Waals surface area contributed by atoms with Crippen LogP contribution in [0.5, 0.6) is 0 Å². The summed E-state index contributed by atoms with van der Waals surface area (Å²) in [5, 5.41) is 0. The molecule has 0 amide bonds. The van der Waals surface area contributed by atoms with Gasteiger partial charge in [-0.2, -0.15) is 11.8 Å². The Bertz CT molecular complexity index is 518. The fourth-order valence-electron chi connectivity index (χ4n) is 2.21. The Labute approximate surface area is 121 Å². The van der Waals surface area contributed by atoms with E-state index in [4.69, 9.17) is 0 Å². The standard InChI is InChI=1S/C18H22S/c1-13-7-5-9-17(15(13)3)11-19-12-18-10-6-8-14(2)16(18)4/h5-10H,11-12H2,1-4H3. The van der Waals surface area contributed by atoms with Crippen molar-refractivity contribution in [1.82, 2.24) is 0 Å². The van der Waals surface area contributed by atoms with E-state index in [1.165, 1.54) is 33.4 Å². The topological polar surface area (TPSA) is 0 Å². The summed E-state index contributed by atoms with van der Waals surface area (Å²) < 4.78 is 0. The van der Waals surface area contributed by atoms with E-state index in [0.717, 1.165) is 11.5 Å². The largest absolute Gasteiger partial charge is 0.152 e. The molecule has 0 heterocycles. The maximum absolute atomic E-state index is 2.25. The summed E-state index contributed by atoms with van der Waals surface area (Å²) in [6, 6.07) is 13.2. The molecule has 0 saturated heterocycles. The quantitative estimate of drug-likeness (QED) is 0.721. The molecule has 1 heteroatoms. The Hall–Kier alpha value is -1.21. The third kappa shape index (κ3) is 3.42. The molecule has 0 unspecified atom stereocenters. The number of thioether (sulfide) groups is 1. The SMILES string of the molecule is Cc1cccc(CSCc2cccc(C)c2C)c1C. The minimum absolute atomic E-state index is 1.10. The molecule has 0 aromatic heterocycles. The van der Waals surface area contributed by atoms with Crippen LogP contribution in [0.3, 0.4) is 0 Å². The van der Waals surface area contributed by atoms with E-state index < -0.39 is 0 Å². The molecule has 0 aliphatic heterocycles. The van der Waals surface area contributed by atoms with Gasteiger partial charge in [0.1, 0.15) is 0 Å². The van der Waals surface area contributed by atoms with Crippen molar-refractivity contribution in [3.05, 3.63) is 69.8 Å². The summed E-state index contributed by atoms with van der Waals surface area (Å²) in [6.45, 7) is 8.83. The lowest BCUT2D eigenvalue weighted by Crippen LogP contribution is -1.92. The first-order valence-corrected chi connectivity index (χ1v) is 7.93. The fraction of sp³-hybridized carbons (Fsp3) is 0.333. The summed E-state index contributed by atoms with van der Waals surface area (Å²) in [6.07, 6.45) is 0. The normalized spacial score (nSPS) is 10.7. The van der Waals surface area contributed by atoms with Crippen LogP contribution in [-0.2, 0) is 11.5 Å². The van der Waals surface area contributed by atoms with Crippen molar-refractivity contribution in [2.75, 3.05) is 0 Å². The van der Waals surface area contributed by atoms with Crippen molar-refractivity contribution >= 4 is 11.8 Å². The molecule has 0 radical (unpaired) electrons. The molecule has 0 aliphatic rings. The zero-order chi connectivity index (χ0) is 13.8. The Morgan fingerprint density at radius 3 is 1.53 bits per heavy atom. The number of benzene rings is 2. The Morgan fingerprint density at radius 2 is 1.11 bits per heavy atom. The second-order valence-corrected chi connectivity index (χ2v) is 6.20. The predicted molar refractivity (Wildman–Crippen MR) is 86.8 cm³/mol. The first-order valence-electron chi connectivity index (χ1n) is 6.77. The van der Waals surface area contributed by atoms with Crippen molar-refractivity contribution in [2.24, 2.45) is 0 Å². The smallest absolute Gasteiger partial charge is 0.0190 e. The molecule has 0 bridgehead atoms. The highest BCUT2D eigenvalue weighted by molar-refractivity contribution is 7.97. The number of hydrogen-bond donors (Lipinski definition) is 0. The molecule has 0 spiro atoms. The van der Waals surface area contributed by atoms with Crippen molar-refractivity contribution in [3.63, 3.8) is 0 Å². The van der Waals surface area contributed by atoms with Gasteiger partial charge in [0.2, 0.25) is 0 Å². The summed E-state index contributed by atoms with van der Waals surface area (Å²) in [5.74, 6) is 2.20. The summed E-state index contributed by atoms with van der Waals surface area (Å²) in [4.78, 5) is 0. The van der Waals surface area contributed by atoms with E-state index in [-0.39, 0.29) is 0 Å². The third-order valence-electron chi connectivity index (χ3n) is 3.95. The van der Waals surface area contributed by atoms with Gasteiger partial charge < -0.3 is 0 Å². The first-order chi connectivity index (χ1) is 9.09. The first kappa shape index (κ1) is 14.2. The lowest BCUT2D eigenvalue weighted by molar-refractivity contribution is 1.22. The molecule has 2 rings (SSSR count). The highest BCUT2D eigenvalue weighted by Crippen LogP contribution is 2.24. The van der Waals surface area contributed by atoms with Gasteiger partial charge in [0, 0.05) is 11.5 Å². The van der Waals surface area contributed by atoms with Crippen molar-refractivity contribution in [1.29, 1.82) is 0 Å². The molecule has 2 aromatic rings. The molecule has 0 saturated carbocycles. The Balaban J connectivity index is 2.00. The average molecular weight is 270 g/mol. The fourth-order valence-corrected chi connectivity index (χ4v) is 3.37. The van der Waals surface area contributed by atoms with E-state index in [0.29, 0.717) is 0 Å². The maximum atomic E-state index is 2.25. The molecular formula is C18H22S. The van der Waals surface area contributed by atoms with Gasteiger partial charge in [0.25, 0.3) is 0 Å². The van der Waals surface area contributed by atoms with Gasteiger partial charge in [-0.1, -0.05) is 36.4 Å². The lowest BCUT2D eigenvalue weighted by Gasteiger charge is -2.10. The van der Waals surface area contributed by atoms with Crippen LogP contribution in [0.1, 0.15) is 33.4 Å². The van der Waals surface area contributed by atoms with E-state index in [9.17, 15) is 0 Å². The van der Waals surface area contributed by atoms with Crippen LogP contribution >= 0.6 is 11.8 Å². The van der Waals surface area contributed by atoms with E-state index in [1.807, 2.05) is 11.8 Å². The second kappa shape index (κ2) is 6.29. The van der Waals surface area contributed by atoms with Crippen LogP contribution in [0.25, 0.3) is 0 Å². The van der Waals surface area contributed by atoms with Crippen LogP contribution < -0.4 is 0 Å². The zero-order valence-corrected chi connectivity index (χ0v) is 13.1. The second-order valence-electron chi connectivity index (χ2n) is 5.21. The van der Waals surface area contributed by atoms with Crippen LogP contribution in [0.2, 0.25) is 0 Å². The van der Waals surface area contributed by atoms with Crippen molar-refractivity contribution in [2.45, 2.75) is 39.2 Å². The predicted octanol–water partition coefficient (Wildman–Crippen LogP) is 5.35. The maximum Gasteiger partial charge on any atom is 0.0190 e. The van der Waals surface area contributed by atoms with Gasteiger partial charge in [0.05, 0.1) is 0 Å². The van der Waals surface area contributed by atoms with Gasteiger partial charge in [-0.3, -0.25) is 0 Å². The molecule has 0 atom stereocenters. The highest BCUT2D eigenvalue weighted by Gasteiger charge is 2.03. The zero-order valence-electron chi connectivity index (χ0n) is 12.3. The molecule has 0 aliphatic carbocycles. The van der Waals surface area contributed by atoms with Gasteiger partial charge >= 0.3 is 0 Å². The van der Waals surface area contributed by atoms with Crippen LogP contribution in [0.4, 0.5) is 0 Å². The number of hydrogen-bond acceptors (Lipinski definition) is 1. The number of aryl methyl sites for hydroxylation is 2. The van der Waals surface area contributed by atoms with E-state index >= 15 is 0 Å². The molecule has 0 N–H and O–H groups in total. The minimum Gasteiger partial charge on any atom is -0.152 e. The Kier molecular flexibility index (Phi) is 4.71. The molecule has 100 valence electrons. The van der Waals surface area contributed by atoms with Crippen LogP contribution in [0.15, 0.2) is 36.4 Å². The van der Waals surface area contributed by atoms with E-state index in [2.05, 4.69) is 64.1 Å². The Morgan fingerprint density at radius 1 is 0.684 bits per heavy atom. The third-order valence-corrected chi connectivity index (χ3v) is 4.98. The van der Waals surface area contributed by atoms with Gasteiger partial charge in [0.15, 0.2) is 0 Å². The summed E-state index contributed by atoms with van der Waals surface area (Å²) in [7, 11) is 0. The summed E-state index contributed by atoms with van der Waals surface area (Å²) >= 11 is 2.01. The van der Waals surface area contributed by atoms with Gasteiger partial charge in [-0.25, -0.2) is 0 Å². The number of rotatable bonds is 4.